The van der Waals surface area contributed by atoms with E-state index in [1.807, 2.05) is 0 Å². The number of nitrogens with one attached hydrogen (secondary N) is 1. The molecule has 0 saturated carbocycles. The number of benzene rings is 1. The maximum Gasteiger partial charge on any atom is 0.0241 e. The van der Waals surface area contributed by atoms with Crippen molar-refractivity contribution in [2.75, 3.05) is 19.6 Å². The molecule has 1 atom stereocenters. The summed E-state index contributed by atoms with van der Waals surface area (Å²) >= 11 is 0. The van der Waals surface area contributed by atoms with E-state index in [9.17, 15) is 0 Å². The standard InChI is InChI=1S/C19H32N2/c1-14(2)21(12-18-7-6-8-20-11-18)13-19-16(4)9-15(3)10-17(19)5/h9-10,14,18,20H,6-8,11-13H2,1-5H3. The van der Waals surface area contributed by atoms with Gasteiger partial charge in [-0.05, 0) is 83.2 Å². The summed E-state index contributed by atoms with van der Waals surface area (Å²) in [6.07, 6.45) is 2.71. The topological polar surface area (TPSA) is 15.3 Å². The van der Waals surface area contributed by atoms with Crippen molar-refractivity contribution in [1.82, 2.24) is 10.2 Å². The molecule has 1 aromatic rings. The highest BCUT2D eigenvalue weighted by atomic mass is 15.1. The van der Waals surface area contributed by atoms with E-state index < -0.39 is 0 Å². The molecule has 21 heavy (non-hydrogen) atoms. The molecule has 0 aliphatic carbocycles. The smallest absolute Gasteiger partial charge is 0.0241 e. The number of aryl methyl sites for hydroxylation is 3. The van der Waals surface area contributed by atoms with Crippen LogP contribution in [0.5, 0.6) is 0 Å². The van der Waals surface area contributed by atoms with Gasteiger partial charge in [-0.2, -0.15) is 0 Å². The summed E-state index contributed by atoms with van der Waals surface area (Å²) in [7, 11) is 0. The molecular formula is C19H32N2. The maximum atomic E-state index is 3.55. The van der Waals surface area contributed by atoms with Crippen LogP contribution in [0, 0.1) is 26.7 Å². The van der Waals surface area contributed by atoms with Crippen LogP contribution in [0.25, 0.3) is 0 Å². The number of hydrogen-bond acceptors (Lipinski definition) is 2. The van der Waals surface area contributed by atoms with Gasteiger partial charge in [0.05, 0.1) is 0 Å². The molecule has 2 nitrogen and oxygen atoms in total. The first-order valence-electron chi connectivity index (χ1n) is 8.49. The summed E-state index contributed by atoms with van der Waals surface area (Å²) in [5.74, 6) is 0.812. The molecule has 1 aromatic carbocycles. The van der Waals surface area contributed by atoms with Gasteiger partial charge in [-0.25, -0.2) is 0 Å². The number of rotatable bonds is 5. The van der Waals surface area contributed by atoms with Crippen LogP contribution in [0.3, 0.4) is 0 Å². The van der Waals surface area contributed by atoms with Gasteiger partial charge >= 0.3 is 0 Å². The molecule has 1 unspecified atom stereocenters. The fraction of sp³-hybridized carbons (Fsp3) is 0.684. The summed E-state index contributed by atoms with van der Waals surface area (Å²) in [6.45, 7) is 16.1. The van der Waals surface area contributed by atoms with Gasteiger partial charge in [0, 0.05) is 19.1 Å². The van der Waals surface area contributed by atoms with E-state index in [0.717, 1.165) is 12.5 Å². The molecule has 2 heteroatoms. The second-order valence-corrected chi connectivity index (χ2v) is 7.11. The van der Waals surface area contributed by atoms with Gasteiger partial charge in [-0.15, -0.1) is 0 Å². The molecule has 118 valence electrons. The molecular weight excluding hydrogens is 256 g/mol. The summed E-state index contributed by atoms with van der Waals surface area (Å²) < 4.78 is 0. The summed E-state index contributed by atoms with van der Waals surface area (Å²) in [6, 6.07) is 5.25. The molecule has 0 radical (unpaired) electrons. The van der Waals surface area contributed by atoms with Crippen LogP contribution in [-0.4, -0.2) is 30.6 Å². The molecule has 1 N–H and O–H groups in total. The SMILES string of the molecule is Cc1cc(C)c(CN(CC2CCCNC2)C(C)C)c(C)c1. The Balaban J connectivity index is 2.09. The molecule has 0 spiro atoms. The Hall–Kier alpha value is -0.860. The molecule has 1 saturated heterocycles. The Morgan fingerprint density at radius 3 is 2.38 bits per heavy atom. The van der Waals surface area contributed by atoms with Gasteiger partial charge in [0.15, 0.2) is 0 Å². The average molecular weight is 288 g/mol. The molecule has 0 amide bonds. The lowest BCUT2D eigenvalue weighted by Gasteiger charge is -2.33. The first-order chi connectivity index (χ1) is 9.97. The van der Waals surface area contributed by atoms with Crippen molar-refractivity contribution in [1.29, 1.82) is 0 Å². The van der Waals surface area contributed by atoms with Gasteiger partial charge in [0.2, 0.25) is 0 Å². The Labute approximate surface area is 130 Å². The Bertz CT molecular complexity index is 436. The second-order valence-electron chi connectivity index (χ2n) is 7.11. The third kappa shape index (κ3) is 4.55. The Morgan fingerprint density at radius 2 is 1.86 bits per heavy atom. The summed E-state index contributed by atoms with van der Waals surface area (Å²) in [5, 5.41) is 3.55. The van der Waals surface area contributed by atoms with Gasteiger partial charge < -0.3 is 5.32 Å². The molecule has 1 heterocycles. The van der Waals surface area contributed by atoms with Gasteiger partial charge in [0.25, 0.3) is 0 Å². The quantitative estimate of drug-likeness (QED) is 0.886. The third-order valence-electron chi connectivity index (χ3n) is 4.82. The first kappa shape index (κ1) is 16.5. The van der Waals surface area contributed by atoms with Crippen LogP contribution in [0.4, 0.5) is 0 Å². The third-order valence-corrected chi connectivity index (χ3v) is 4.82. The minimum absolute atomic E-state index is 0.604. The van der Waals surface area contributed by atoms with Gasteiger partial charge in [-0.3, -0.25) is 4.90 Å². The molecule has 0 aromatic heterocycles. The minimum atomic E-state index is 0.604. The molecule has 1 aliphatic heterocycles. The molecule has 1 aliphatic rings. The highest BCUT2D eigenvalue weighted by molar-refractivity contribution is 5.37. The van der Waals surface area contributed by atoms with Crippen molar-refractivity contribution in [3.63, 3.8) is 0 Å². The molecule has 2 rings (SSSR count). The van der Waals surface area contributed by atoms with E-state index in [0.29, 0.717) is 6.04 Å². The lowest BCUT2D eigenvalue weighted by atomic mass is 9.96. The first-order valence-corrected chi connectivity index (χ1v) is 8.49. The number of nitrogens with zero attached hydrogens (tertiary/aromatic N) is 1. The molecule has 0 bridgehead atoms. The zero-order valence-electron chi connectivity index (χ0n) is 14.5. The maximum absolute atomic E-state index is 3.55. The Kier molecular flexibility index (Phi) is 5.83. The van der Waals surface area contributed by atoms with Gasteiger partial charge in [0.1, 0.15) is 0 Å². The second kappa shape index (κ2) is 7.42. The van der Waals surface area contributed by atoms with E-state index in [1.165, 1.54) is 54.7 Å². The van der Waals surface area contributed by atoms with E-state index in [1.54, 1.807) is 0 Å². The van der Waals surface area contributed by atoms with Gasteiger partial charge in [-0.1, -0.05) is 17.7 Å². The van der Waals surface area contributed by atoms with Crippen molar-refractivity contribution in [2.45, 2.75) is 60.0 Å². The normalized spacial score (nSPS) is 19.5. The van der Waals surface area contributed by atoms with Crippen LogP contribution < -0.4 is 5.32 Å². The van der Waals surface area contributed by atoms with E-state index in [4.69, 9.17) is 0 Å². The summed E-state index contributed by atoms with van der Waals surface area (Å²) in [4.78, 5) is 2.66. The highest BCUT2D eigenvalue weighted by Gasteiger charge is 2.20. The zero-order valence-corrected chi connectivity index (χ0v) is 14.5. The Morgan fingerprint density at radius 1 is 1.19 bits per heavy atom. The number of piperidine rings is 1. The fourth-order valence-electron chi connectivity index (χ4n) is 3.53. The van der Waals surface area contributed by atoms with Crippen LogP contribution in [0.15, 0.2) is 12.1 Å². The van der Waals surface area contributed by atoms with Crippen molar-refractivity contribution in [3.05, 3.63) is 34.4 Å². The van der Waals surface area contributed by atoms with Crippen LogP contribution >= 0.6 is 0 Å². The largest absolute Gasteiger partial charge is 0.316 e. The predicted octanol–water partition coefficient (Wildman–Crippen LogP) is 3.82. The predicted molar refractivity (Wildman–Crippen MR) is 91.8 cm³/mol. The highest BCUT2D eigenvalue weighted by Crippen LogP contribution is 2.21. The van der Waals surface area contributed by atoms with Crippen molar-refractivity contribution in [2.24, 2.45) is 5.92 Å². The van der Waals surface area contributed by atoms with Crippen molar-refractivity contribution in [3.8, 4) is 0 Å². The zero-order chi connectivity index (χ0) is 15.4. The minimum Gasteiger partial charge on any atom is -0.316 e. The van der Waals surface area contributed by atoms with Crippen LogP contribution in [0.1, 0.15) is 48.9 Å². The van der Waals surface area contributed by atoms with Crippen molar-refractivity contribution >= 4 is 0 Å². The lowest BCUT2D eigenvalue weighted by molar-refractivity contribution is 0.163. The number of hydrogen-bond donors (Lipinski definition) is 1. The van der Waals surface area contributed by atoms with Crippen LogP contribution in [0.2, 0.25) is 0 Å². The average Bonchev–Trinajstić information content (AvgIpc) is 2.42. The summed E-state index contributed by atoms with van der Waals surface area (Å²) in [5.41, 5.74) is 5.79. The monoisotopic (exact) mass is 288 g/mol. The van der Waals surface area contributed by atoms with E-state index >= 15 is 0 Å². The van der Waals surface area contributed by atoms with E-state index in [-0.39, 0.29) is 0 Å². The van der Waals surface area contributed by atoms with E-state index in [2.05, 4.69) is 57.0 Å². The fourth-order valence-corrected chi connectivity index (χ4v) is 3.53. The lowest BCUT2D eigenvalue weighted by Crippen LogP contribution is -2.41. The molecule has 1 fully saturated rings. The van der Waals surface area contributed by atoms with Crippen LogP contribution in [-0.2, 0) is 6.54 Å². The van der Waals surface area contributed by atoms with Crippen molar-refractivity contribution < 1.29 is 0 Å².